The van der Waals surface area contributed by atoms with Gasteiger partial charge in [-0.15, -0.1) is 0 Å². The summed E-state index contributed by atoms with van der Waals surface area (Å²) in [5.41, 5.74) is 10.6. The molecule has 1 aliphatic carbocycles. The number of rotatable bonds is 6. The molecular weight excluding hydrogens is 348 g/mol. The number of benzene rings is 1. The van der Waals surface area contributed by atoms with Gasteiger partial charge in [-0.25, -0.2) is 4.98 Å². The molecule has 0 atom stereocenters. The Labute approximate surface area is 168 Å². The van der Waals surface area contributed by atoms with E-state index in [1.165, 1.54) is 12.8 Å². The van der Waals surface area contributed by atoms with Crippen LogP contribution in [0, 0.1) is 12.8 Å². The van der Waals surface area contributed by atoms with Crippen molar-refractivity contribution in [3.05, 3.63) is 48.2 Å². The second-order valence-corrected chi connectivity index (χ2v) is 7.57. The number of pyridine rings is 1. The Balaban J connectivity index is 0.000000500. The molecule has 1 heterocycles. The number of carbonyl (C=O) groups excluding carboxylic acids is 1. The zero-order chi connectivity index (χ0) is 20.7. The van der Waals surface area contributed by atoms with Gasteiger partial charge in [0.25, 0.3) is 0 Å². The van der Waals surface area contributed by atoms with Crippen molar-refractivity contribution in [3.63, 3.8) is 0 Å². The highest BCUT2D eigenvalue weighted by Crippen LogP contribution is 2.33. The maximum Gasteiger partial charge on any atom is 0.224 e. The third-order valence-corrected chi connectivity index (χ3v) is 4.74. The highest BCUT2D eigenvalue weighted by molar-refractivity contribution is 5.91. The summed E-state index contributed by atoms with van der Waals surface area (Å²) in [5, 5.41) is 6.00. The number of nitrogens with one attached hydrogen (secondary N) is 2. The topological polar surface area (TPSA) is 80.0 Å². The molecule has 5 heteroatoms. The number of anilines is 2. The third-order valence-electron chi connectivity index (χ3n) is 4.74. The van der Waals surface area contributed by atoms with Crippen LogP contribution < -0.4 is 16.4 Å². The smallest absolute Gasteiger partial charge is 0.224 e. The monoisotopic (exact) mass is 380 g/mol. The van der Waals surface area contributed by atoms with E-state index >= 15 is 0 Å². The Morgan fingerprint density at radius 2 is 2.04 bits per heavy atom. The van der Waals surface area contributed by atoms with Crippen molar-refractivity contribution in [2.24, 2.45) is 5.92 Å². The SMILES string of the molecule is C=Cc1cc(-c2ccc(NC(=O)CC3CC3)cc2C)cnc1N.CNC(C)C. The van der Waals surface area contributed by atoms with Crippen LogP contribution in [0.2, 0.25) is 0 Å². The van der Waals surface area contributed by atoms with Crippen LogP contribution in [-0.2, 0) is 4.79 Å². The van der Waals surface area contributed by atoms with Crippen molar-refractivity contribution in [3.8, 4) is 11.1 Å². The predicted octanol–water partition coefficient (Wildman–Crippen LogP) is 4.64. The lowest BCUT2D eigenvalue weighted by Gasteiger charge is -2.11. The molecule has 0 bridgehead atoms. The van der Waals surface area contributed by atoms with Crippen molar-refractivity contribution < 1.29 is 4.79 Å². The highest BCUT2D eigenvalue weighted by atomic mass is 16.1. The van der Waals surface area contributed by atoms with Gasteiger partial charge in [0.2, 0.25) is 5.91 Å². The minimum absolute atomic E-state index is 0.0998. The molecule has 0 saturated heterocycles. The summed E-state index contributed by atoms with van der Waals surface area (Å²) in [4.78, 5) is 16.1. The van der Waals surface area contributed by atoms with Crippen LogP contribution in [0.15, 0.2) is 37.0 Å². The Morgan fingerprint density at radius 1 is 1.36 bits per heavy atom. The van der Waals surface area contributed by atoms with Gasteiger partial charge in [0.1, 0.15) is 5.82 Å². The van der Waals surface area contributed by atoms with Gasteiger partial charge in [-0.05, 0) is 62.1 Å². The minimum atomic E-state index is 0.0998. The summed E-state index contributed by atoms with van der Waals surface area (Å²) in [6.07, 6.45) is 6.46. The first-order valence-electron chi connectivity index (χ1n) is 9.80. The molecule has 2 aromatic rings. The molecule has 0 unspecified atom stereocenters. The average molecular weight is 381 g/mol. The number of nitrogen functional groups attached to an aromatic ring is 1. The van der Waals surface area contributed by atoms with Crippen molar-refractivity contribution in [2.45, 2.75) is 46.1 Å². The number of carbonyl (C=O) groups is 1. The maximum absolute atomic E-state index is 11.9. The Kier molecular flexibility index (Phi) is 7.76. The van der Waals surface area contributed by atoms with Gasteiger partial charge in [0.15, 0.2) is 0 Å². The second kappa shape index (κ2) is 10.0. The van der Waals surface area contributed by atoms with Crippen LogP contribution in [0.3, 0.4) is 0 Å². The standard InChI is InChI=1S/C19H21N3O.C4H11N/c1-3-14-10-15(11-21-19(14)20)17-7-6-16(8-12(17)2)22-18(23)9-13-4-5-13;1-4(2)5-3/h3,6-8,10-11,13H,1,4-5,9H2,2H3,(H2,20,21)(H,22,23);4-5H,1-3H3. The van der Waals surface area contributed by atoms with Crippen LogP contribution >= 0.6 is 0 Å². The summed E-state index contributed by atoms with van der Waals surface area (Å²) in [6.45, 7) is 10.0. The van der Waals surface area contributed by atoms with Gasteiger partial charge in [0.05, 0.1) is 0 Å². The summed E-state index contributed by atoms with van der Waals surface area (Å²) in [5.74, 6) is 1.17. The molecule has 0 radical (unpaired) electrons. The van der Waals surface area contributed by atoms with E-state index < -0.39 is 0 Å². The Morgan fingerprint density at radius 3 is 2.57 bits per heavy atom. The third kappa shape index (κ3) is 6.50. The van der Waals surface area contributed by atoms with Gasteiger partial charge < -0.3 is 16.4 Å². The van der Waals surface area contributed by atoms with E-state index in [1.807, 2.05) is 38.2 Å². The first kappa shape index (κ1) is 21.6. The quantitative estimate of drug-likeness (QED) is 0.682. The zero-order valence-corrected chi connectivity index (χ0v) is 17.4. The fourth-order valence-electron chi connectivity index (χ4n) is 2.66. The molecule has 1 amide bonds. The van der Waals surface area contributed by atoms with Gasteiger partial charge >= 0.3 is 0 Å². The molecule has 4 N–H and O–H groups in total. The first-order chi connectivity index (χ1) is 13.3. The van der Waals surface area contributed by atoms with Gasteiger partial charge in [0, 0.05) is 35.5 Å². The number of nitrogens with zero attached hydrogens (tertiary/aromatic N) is 1. The van der Waals surface area contributed by atoms with Crippen LogP contribution in [0.5, 0.6) is 0 Å². The minimum Gasteiger partial charge on any atom is -0.383 e. The first-order valence-corrected chi connectivity index (χ1v) is 9.80. The average Bonchev–Trinajstić information content (AvgIpc) is 3.47. The molecule has 0 spiro atoms. The van der Waals surface area contributed by atoms with Crippen LogP contribution in [0.25, 0.3) is 17.2 Å². The van der Waals surface area contributed by atoms with E-state index in [0.29, 0.717) is 24.2 Å². The van der Waals surface area contributed by atoms with E-state index in [4.69, 9.17) is 5.73 Å². The van der Waals surface area contributed by atoms with Gasteiger partial charge in [-0.1, -0.05) is 32.6 Å². The summed E-state index contributed by atoms with van der Waals surface area (Å²) in [6, 6.07) is 8.53. The summed E-state index contributed by atoms with van der Waals surface area (Å²) < 4.78 is 0. The fourth-order valence-corrected chi connectivity index (χ4v) is 2.66. The highest BCUT2D eigenvalue weighted by Gasteiger charge is 2.24. The van der Waals surface area contributed by atoms with Gasteiger partial charge in [-0.3, -0.25) is 4.79 Å². The number of aryl methyl sites for hydroxylation is 1. The van der Waals surface area contributed by atoms with E-state index in [0.717, 1.165) is 27.9 Å². The molecule has 0 aliphatic heterocycles. The number of amides is 1. The summed E-state index contributed by atoms with van der Waals surface area (Å²) >= 11 is 0. The lowest BCUT2D eigenvalue weighted by atomic mass is 10.00. The van der Waals surface area contributed by atoms with E-state index in [2.05, 4.69) is 36.0 Å². The van der Waals surface area contributed by atoms with Crippen molar-refractivity contribution in [1.82, 2.24) is 10.3 Å². The van der Waals surface area contributed by atoms with E-state index in [9.17, 15) is 4.79 Å². The molecule has 3 rings (SSSR count). The Hall–Kier alpha value is -2.66. The van der Waals surface area contributed by atoms with Crippen LogP contribution in [0.1, 0.15) is 44.2 Å². The molecule has 1 aliphatic rings. The number of nitrogens with two attached hydrogens (primary N) is 1. The predicted molar refractivity (Wildman–Crippen MR) is 119 cm³/mol. The molecule has 1 saturated carbocycles. The van der Waals surface area contributed by atoms with Crippen LogP contribution in [0.4, 0.5) is 11.5 Å². The lowest BCUT2D eigenvalue weighted by molar-refractivity contribution is -0.116. The van der Waals surface area contributed by atoms with E-state index in [-0.39, 0.29) is 5.91 Å². The van der Waals surface area contributed by atoms with E-state index in [1.54, 1.807) is 12.3 Å². The van der Waals surface area contributed by atoms with Gasteiger partial charge in [-0.2, -0.15) is 0 Å². The maximum atomic E-state index is 11.9. The largest absolute Gasteiger partial charge is 0.383 e. The zero-order valence-electron chi connectivity index (χ0n) is 17.4. The number of hydrogen-bond acceptors (Lipinski definition) is 4. The normalized spacial score (nSPS) is 12.9. The Bertz CT molecular complexity index is 825. The molecular formula is C23H32N4O. The van der Waals surface area contributed by atoms with Crippen LogP contribution in [-0.4, -0.2) is 24.0 Å². The fraction of sp³-hybridized carbons (Fsp3) is 0.391. The summed E-state index contributed by atoms with van der Waals surface area (Å²) in [7, 11) is 1.95. The molecule has 28 heavy (non-hydrogen) atoms. The second-order valence-electron chi connectivity index (χ2n) is 7.57. The molecule has 5 nitrogen and oxygen atoms in total. The lowest BCUT2D eigenvalue weighted by Crippen LogP contribution is -2.15. The molecule has 1 aromatic heterocycles. The van der Waals surface area contributed by atoms with Crippen molar-refractivity contribution in [1.29, 1.82) is 0 Å². The van der Waals surface area contributed by atoms with Crippen molar-refractivity contribution in [2.75, 3.05) is 18.1 Å². The number of aromatic nitrogens is 1. The molecule has 150 valence electrons. The number of hydrogen-bond donors (Lipinski definition) is 3. The molecule has 1 fully saturated rings. The van der Waals surface area contributed by atoms with Crippen molar-refractivity contribution >= 4 is 23.5 Å². The molecule has 1 aromatic carbocycles.